The Morgan fingerprint density at radius 1 is 0.703 bits per heavy atom. The van der Waals surface area contributed by atoms with Crippen LogP contribution in [0.5, 0.6) is 11.5 Å². The molecule has 0 saturated carbocycles. The number of Topliss-reactive ketones (excluding diaryl/α,β-unsaturated/α-hetero) is 1. The molecule has 0 heterocycles. The summed E-state index contributed by atoms with van der Waals surface area (Å²) in [6.45, 7) is 0. The van der Waals surface area contributed by atoms with Gasteiger partial charge in [-0.25, -0.2) is 0 Å². The number of para-hydroxylation sites is 1. The molecular weight excluding hydrogens is 482 g/mol. The summed E-state index contributed by atoms with van der Waals surface area (Å²) in [5.74, 6) is 1.10. The maximum atomic E-state index is 13.2. The molecule has 0 aliphatic carbocycles. The molecule has 0 aromatic heterocycles. The number of aryl methyl sites for hydroxylation is 1. The van der Waals surface area contributed by atoms with Crippen molar-refractivity contribution in [3.63, 3.8) is 0 Å². The van der Waals surface area contributed by atoms with Crippen molar-refractivity contribution in [1.29, 1.82) is 0 Å². The minimum Gasteiger partial charge on any atom is -0.457 e. The van der Waals surface area contributed by atoms with Gasteiger partial charge in [0.15, 0.2) is 5.78 Å². The number of hydrogen-bond donors (Lipinski definition) is 1. The summed E-state index contributed by atoms with van der Waals surface area (Å²) in [5, 5.41) is 3.60. The molecule has 0 aliphatic rings. The van der Waals surface area contributed by atoms with Gasteiger partial charge in [-0.3, -0.25) is 9.59 Å². The van der Waals surface area contributed by atoms with Crippen LogP contribution in [-0.2, 0) is 17.6 Å². The van der Waals surface area contributed by atoms with Gasteiger partial charge in [-0.1, -0.05) is 72.3 Å². The van der Waals surface area contributed by atoms with Crippen LogP contribution in [0.2, 0.25) is 5.02 Å². The van der Waals surface area contributed by atoms with Crippen LogP contribution >= 0.6 is 11.6 Å². The maximum Gasteiger partial charge on any atom is 0.251 e. The van der Waals surface area contributed by atoms with Crippen molar-refractivity contribution in [3.05, 3.63) is 131 Å². The van der Waals surface area contributed by atoms with Crippen LogP contribution in [0.3, 0.4) is 0 Å². The van der Waals surface area contributed by atoms with E-state index in [1.54, 1.807) is 36.4 Å². The molecule has 1 amide bonds. The van der Waals surface area contributed by atoms with E-state index >= 15 is 0 Å². The van der Waals surface area contributed by atoms with Gasteiger partial charge in [0.1, 0.15) is 11.5 Å². The Balaban J connectivity index is 1.37. The highest BCUT2D eigenvalue weighted by Crippen LogP contribution is 2.21. The van der Waals surface area contributed by atoms with Crippen LogP contribution in [0.25, 0.3) is 0 Å². The lowest BCUT2D eigenvalue weighted by Crippen LogP contribution is -2.42. The number of amides is 1. The number of ketones is 1. The third-order valence-corrected chi connectivity index (χ3v) is 6.38. The second-order valence-corrected chi connectivity index (χ2v) is 9.39. The summed E-state index contributed by atoms with van der Waals surface area (Å²) in [6.07, 6.45) is 3.44. The summed E-state index contributed by atoms with van der Waals surface area (Å²) in [5.41, 5.74) is 2.68. The van der Waals surface area contributed by atoms with E-state index in [-0.39, 0.29) is 11.7 Å². The Labute approximate surface area is 223 Å². The third kappa shape index (κ3) is 8.33. The number of ether oxygens (including phenoxy) is 1. The van der Waals surface area contributed by atoms with E-state index in [4.69, 9.17) is 16.3 Å². The number of halogens is 1. The van der Waals surface area contributed by atoms with Crippen LogP contribution < -0.4 is 10.1 Å². The number of carbonyl (C=O) groups is 2. The number of hydrogen-bond acceptors (Lipinski definition) is 3. The summed E-state index contributed by atoms with van der Waals surface area (Å²) in [4.78, 5) is 26.3. The first-order chi connectivity index (χ1) is 18.1. The molecule has 1 N–H and O–H groups in total. The maximum absolute atomic E-state index is 13.2. The van der Waals surface area contributed by atoms with Crippen molar-refractivity contribution in [2.24, 2.45) is 0 Å². The molecule has 0 radical (unpaired) electrons. The first-order valence-corrected chi connectivity index (χ1v) is 12.9. The summed E-state index contributed by atoms with van der Waals surface area (Å²) >= 11 is 6.03. The van der Waals surface area contributed by atoms with E-state index in [0.717, 1.165) is 30.6 Å². The van der Waals surface area contributed by atoms with Gasteiger partial charge in [0.05, 0.1) is 6.04 Å². The highest BCUT2D eigenvalue weighted by molar-refractivity contribution is 6.30. The molecule has 5 heteroatoms. The van der Waals surface area contributed by atoms with Crippen molar-refractivity contribution in [1.82, 2.24) is 5.32 Å². The number of nitrogens with one attached hydrogen (secondary N) is 1. The number of unbranched alkanes of at least 4 members (excludes halogenated alkanes) is 1. The van der Waals surface area contributed by atoms with E-state index in [2.05, 4.69) is 17.4 Å². The van der Waals surface area contributed by atoms with E-state index in [1.165, 1.54) is 5.56 Å². The first-order valence-electron chi connectivity index (χ1n) is 12.5. The molecule has 188 valence electrons. The Bertz CT molecular complexity index is 1270. The van der Waals surface area contributed by atoms with Gasteiger partial charge in [0.25, 0.3) is 5.91 Å². The Hall–Kier alpha value is -3.89. The van der Waals surface area contributed by atoms with Crippen molar-refractivity contribution < 1.29 is 14.3 Å². The number of benzene rings is 4. The van der Waals surface area contributed by atoms with Gasteiger partial charge in [-0.2, -0.15) is 0 Å². The average molecular weight is 512 g/mol. The molecule has 0 spiro atoms. The van der Waals surface area contributed by atoms with Gasteiger partial charge in [0, 0.05) is 17.0 Å². The Morgan fingerprint density at radius 2 is 1.32 bits per heavy atom. The molecule has 0 bridgehead atoms. The van der Waals surface area contributed by atoms with Crippen LogP contribution in [-0.4, -0.2) is 17.7 Å². The second kappa shape index (κ2) is 13.4. The third-order valence-electron chi connectivity index (χ3n) is 6.12. The molecule has 0 unspecified atom stereocenters. The van der Waals surface area contributed by atoms with Crippen molar-refractivity contribution in [2.75, 3.05) is 0 Å². The van der Waals surface area contributed by atoms with Crippen LogP contribution in [0.4, 0.5) is 0 Å². The van der Waals surface area contributed by atoms with Crippen LogP contribution in [0, 0.1) is 0 Å². The SMILES string of the molecule is O=C(N[C@@H](Cc1ccc(Cl)cc1)C(=O)CCCCc1ccccc1)c1ccc(Oc2ccccc2)cc1. The molecule has 0 saturated heterocycles. The monoisotopic (exact) mass is 511 g/mol. The van der Waals surface area contributed by atoms with Crippen molar-refractivity contribution in [3.8, 4) is 11.5 Å². The van der Waals surface area contributed by atoms with Gasteiger partial charge < -0.3 is 10.1 Å². The predicted octanol–water partition coefficient (Wildman–Crippen LogP) is 7.46. The van der Waals surface area contributed by atoms with E-state index in [0.29, 0.717) is 29.2 Å². The largest absolute Gasteiger partial charge is 0.457 e. The van der Waals surface area contributed by atoms with E-state index < -0.39 is 6.04 Å². The lowest BCUT2D eigenvalue weighted by molar-refractivity contribution is -0.121. The zero-order valence-electron chi connectivity index (χ0n) is 20.6. The van der Waals surface area contributed by atoms with E-state index in [9.17, 15) is 9.59 Å². The minimum atomic E-state index is -0.620. The fraction of sp³-hybridized carbons (Fsp3) is 0.188. The highest BCUT2D eigenvalue weighted by Gasteiger charge is 2.21. The predicted molar refractivity (Wildman–Crippen MR) is 148 cm³/mol. The molecule has 1 atom stereocenters. The average Bonchev–Trinajstić information content (AvgIpc) is 2.93. The molecule has 0 aliphatic heterocycles. The number of rotatable bonds is 12. The van der Waals surface area contributed by atoms with E-state index in [1.807, 2.05) is 60.7 Å². The van der Waals surface area contributed by atoms with Crippen molar-refractivity contribution in [2.45, 2.75) is 38.1 Å². The summed E-state index contributed by atoms with van der Waals surface area (Å²) < 4.78 is 5.81. The molecular formula is C32H30ClNO3. The standard InChI is InChI=1S/C32H30ClNO3/c33-27-19-15-25(16-20-27)23-30(31(35)14-8-7-11-24-9-3-1-4-10-24)34-32(36)26-17-21-29(22-18-26)37-28-12-5-2-6-13-28/h1-6,9-10,12-13,15-22,30H,7-8,11,14,23H2,(H,34,36)/t30-/m0/s1. The minimum absolute atomic E-state index is 0.0281. The number of carbonyl (C=O) groups excluding carboxylic acids is 2. The fourth-order valence-electron chi connectivity index (χ4n) is 4.09. The normalized spacial score (nSPS) is 11.5. The lowest BCUT2D eigenvalue weighted by Gasteiger charge is -2.18. The van der Waals surface area contributed by atoms with Gasteiger partial charge >= 0.3 is 0 Å². The van der Waals surface area contributed by atoms with Crippen LogP contribution in [0.1, 0.15) is 40.7 Å². The van der Waals surface area contributed by atoms with Crippen molar-refractivity contribution >= 4 is 23.3 Å². The quantitative estimate of drug-likeness (QED) is 0.201. The highest BCUT2D eigenvalue weighted by atomic mass is 35.5. The molecule has 4 rings (SSSR count). The lowest BCUT2D eigenvalue weighted by atomic mass is 9.97. The van der Waals surface area contributed by atoms with Gasteiger partial charge in [-0.15, -0.1) is 0 Å². The zero-order valence-corrected chi connectivity index (χ0v) is 21.4. The second-order valence-electron chi connectivity index (χ2n) is 8.96. The first kappa shape index (κ1) is 26.2. The summed E-state index contributed by atoms with van der Waals surface area (Å²) in [7, 11) is 0. The van der Waals surface area contributed by atoms with Crippen LogP contribution in [0.15, 0.2) is 109 Å². The van der Waals surface area contributed by atoms with Gasteiger partial charge in [-0.05, 0) is 85.3 Å². The Morgan fingerprint density at radius 3 is 2.00 bits per heavy atom. The molecule has 37 heavy (non-hydrogen) atoms. The Kier molecular flexibility index (Phi) is 9.50. The molecule has 4 aromatic rings. The van der Waals surface area contributed by atoms with Gasteiger partial charge in [0.2, 0.25) is 0 Å². The zero-order chi connectivity index (χ0) is 25.9. The molecule has 4 aromatic carbocycles. The molecule has 4 nitrogen and oxygen atoms in total. The molecule has 0 fully saturated rings. The summed E-state index contributed by atoms with van der Waals surface area (Å²) in [6, 6.07) is 33.4. The smallest absolute Gasteiger partial charge is 0.251 e. The fourth-order valence-corrected chi connectivity index (χ4v) is 4.22. The topological polar surface area (TPSA) is 55.4 Å².